The molecule has 1 heterocycles. The van der Waals surface area contributed by atoms with E-state index in [0.29, 0.717) is 18.9 Å². The zero-order valence-electron chi connectivity index (χ0n) is 12.1. The molecular weight excluding hydrogens is 240 g/mol. The van der Waals surface area contributed by atoms with Crippen molar-refractivity contribution in [3.8, 4) is 5.75 Å². The minimum Gasteiger partial charge on any atom is -0.493 e. The van der Waals surface area contributed by atoms with Crippen LogP contribution in [0.15, 0.2) is 24.3 Å². The molecule has 2 atom stereocenters. The third-order valence-corrected chi connectivity index (χ3v) is 3.91. The topological polar surface area (TPSA) is 38.7 Å². The molecule has 0 spiro atoms. The van der Waals surface area contributed by atoms with Gasteiger partial charge in [0.1, 0.15) is 5.75 Å². The van der Waals surface area contributed by atoms with Crippen LogP contribution in [0.1, 0.15) is 45.1 Å². The number of aliphatic hydroxyl groups excluding tert-OH is 1. The summed E-state index contributed by atoms with van der Waals surface area (Å²) in [4.78, 5) is 0. The molecule has 2 unspecified atom stereocenters. The minimum absolute atomic E-state index is 0.347. The second-order valence-electron chi connectivity index (χ2n) is 5.66. The lowest BCUT2D eigenvalue weighted by atomic mass is 9.84. The van der Waals surface area contributed by atoms with E-state index < -0.39 is 11.7 Å². The molecule has 0 bridgehead atoms. The molecule has 0 saturated heterocycles. The van der Waals surface area contributed by atoms with Crippen LogP contribution in [-0.4, -0.2) is 30.0 Å². The summed E-state index contributed by atoms with van der Waals surface area (Å²) in [6, 6.07) is 8.11. The lowest BCUT2D eigenvalue weighted by molar-refractivity contribution is -0.101. The first-order valence-corrected chi connectivity index (χ1v) is 7.08. The summed E-state index contributed by atoms with van der Waals surface area (Å²) < 4.78 is 11.3. The van der Waals surface area contributed by atoms with Gasteiger partial charge in [-0.3, -0.25) is 0 Å². The highest BCUT2D eigenvalue weighted by Gasteiger charge is 2.32. The van der Waals surface area contributed by atoms with Crippen LogP contribution in [0, 0.1) is 0 Å². The molecular formula is C16H24O3. The molecule has 106 valence electrons. The van der Waals surface area contributed by atoms with Gasteiger partial charge >= 0.3 is 0 Å². The third-order valence-electron chi connectivity index (χ3n) is 3.91. The van der Waals surface area contributed by atoms with E-state index in [0.717, 1.165) is 18.8 Å². The molecule has 1 aromatic carbocycles. The number of hydrogen-bond acceptors (Lipinski definition) is 3. The van der Waals surface area contributed by atoms with Crippen molar-refractivity contribution in [2.45, 2.75) is 51.2 Å². The number of benzene rings is 1. The maximum atomic E-state index is 10.4. The average Bonchev–Trinajstić information content (AvgIpc) is 2.39. The zero-order chi connectivity index (χ0) is 13.9. The van der Waals surface area contributed by atoms with E-state index in [-0.39, 0.29) is 0 Å². The standard InChI is InChI=1S/C16H24O3/c1-4-19-16(2,3)15(17)11-12-9-10-18-14-8-6-5-7-13(12)14/h5-8,12,15,17H,4,9-11H2,1-3H3. The number of para-hydroxylation sites is 1. The second-order valence-corrected chi connectivity index (χ2v) is 5.66. The predicted molar refractivity (Wildman–Crippen MR) is 75.6 cm³/mol. The maximum Gasteiger partial charge on any atom is 0.122 e. The van der Waals surface area contributed by atoms with Gasteiger partial charge in [0.25, 0.3) is 0 Å². The molecule has 1 N–H and O–H groups in total. The molecule has 1 aliphatic rings. The van der Waals surface area contributed by atoms with Gasteiger partial charge in [0.2, 0.25) is 0 Å². The fourth-order valence-corrected chi connectivity index (χ4v) is 2.68. The van der Waals surface area contributed by atoms with Crippen LogP contribution in [0.25, 0.3) is 0 Å². The molecule has 3 nitrogen and oxygen atoms in total. The molecule has 3 heteroatoms. The zero-order valence-corrected chi connectivity index (χ0v) is 12.1. The van der Waals surface area contributed by atoms with Crippen molar-refractivity contribution in [3.05, 3.63) is 29.8 Å². The Balaban J connectivity index is 2.08. The molecule has 1 aromatic rings. The van der Waals surface area contributed by atoms with Gasteiger partial charge in [-0.25, -0.2) is 0 Å². The van der Waals surface area contributed by atoms with Crippen molar-refractivity contribution < 1.29 is 14.6 Å². The largest absolute Gasteiger partial charge is 0.493 e. The quantitative estimate of drug-likeness (QED) is 0.888. The van der Waals surface area contributed by atoms with E-state index in [2.05, 4.69) is 6.07 Å². The highest BCUT2D eigenvalue weighted by Crippen LogP contribution is 2.37. The number of fused-ring (bicyclic) bond motifs is 1. The highest BCUT2D eigenvalue weighted by molar-refractivity contribution is 5.37. The molecule has 0 radical (unpaired) electrons. The molecule has 0 aromatic heterocycles. The first-order chi connectivity index (χ1) is 9.04. The van der Waals surface area contributed by atoms with Crippen LogP contribution in [0.4, 0.5) is 0 Å². The van der Waals surface area contributed by atoms with E-state index in [1.807, 2.05) is 39.0 Å². The number of aliphatic hydroxyl groups is 1. The highest BCUT2D eigenvalue weighted by atomic mass is 16.5. The van der Waals surface area contributed by atoms with Crippen LogP contribution in [0.3, 0.4) is 0 Å². The molecule has 0 aliphatic carbocycles. The second kappa shape index (κ2) is 5.93. The lowest BCUT2D eigenvalue weighted by Crippen LogP contribution is -2.40. The van der Waals surface area contributed by atoms with Gasteiger partial charge in [-0.05, 0) is 51.2 Å². The van der Waals surface area contributed by atoms with E-state index in [1.54, 1.807) is 0 Å². The summed E-state index contributed by atoms with van der Waals surface area (Å²) in [6.45, 7) is 7.20. The van der Waals surface area contributed by atoms with E-state index in [9.17, 15) is 5.11 Å². The van der Waals surface area contributed by atoms with Crippen molar-refractivity contribution in [2.24, 2.45) is 0 Å². The summed E-state index contributed by atoms with van der Waals surface area (Å²) >= 11 is 0. The van der Waals surface area contributed by atoms with Crippen molar-refractivity contribution >= 4 is 0 Å². The van der Waals surface area contributed by atoms with Gasteiger partial charge in [0.15, 0.2) is 0 Å². The molecule has 19 heavy (non-hydrogen) atoms. The fourth-order valence-electron chi connectivity index (χ4n) is 2.68. The van der Waals surface area contributed by atoms with Crippen molar-refractivity contribution in [2.75, 3.05) is 13.2 Å². The summed E-state index contributed by atoms with van der Waals surface area (Å²) in [5, 5.41) is 10.4. The number of ether oxygens (including phenoxy) is 2. The van der Waals surface area contributed by atoms with Crippen LogP contribution < -0.4 is 4.74 Å². The third kappa shape index (κ3) is 3.28. The predicted octanol–water partition coefficient (Wildman–Crippen LogP) is 3.12. The molecule has 0 amide bonds. The first kappa shape index (κ1) is 14.4. The van der Waals surface area contributed by atoms with Crippen LogP contribution in [0.2, 0.25) is 0 Å². The normalized spacial score (nSPS) is 20.5. The summed E-state index contributed by atoms with van der Waals surface area (Å²) in [7, 11) is 0. The van der Waals surface area contributed by atoms with Gasteiger partial charge in [0.05, 0.1) is 18.3 Å². The Hall–Kier alpha value is -1.06. The average molecular weight is 264 g/mol. The number of hydrogen-bond donors (Lipinski definition) is 1. The van der Waals surface area contributed by atoms with Crippen LogP contribution >= 0.6 is 0 Å². The van der Waals surface area contributed by atoms with Gasteiger partial charge in [-0.15, -0.1) is 0 Å². The lowest BCUT2D eigenvalue weighted by Gasteiger charge is -2.34. The van der Waals surface area contributed by atoms with Crippen LogP contribution in [-0.2, 0) is 4.74 Å². The first-order valence-electron chi connectivity index (χ1n) is 7.08. The monoisotopic (exact) mass is 264 g/mol. The SMILES string of the molecule is CCOC(C)(C)C(O)CC1CCOc2ccccc21. The Bertz CT molecular complexity index is 414. The maximum absolute atomic E-state index is 10.4. The summed E-state index contributed by atoms with van der Waals surface area (Å²) in [5.74, 6) is 1.31. The minimum atomic E-state index is -0.498. The van der Waals surface area contributed by atoms with E-state index >= 15 is 0 Å². The Kier molecular flexibility index (Phi) is 4.48. The summed E-state index contributed by atoms with van der Waals surface area (Å²) in [5.41, 5.74) is 0.710. The van der Waals surface area contributed by atoms with Gasteiger partial charge in [-0.2, -0.15) is 0 Å². The Morgan fingerprint density at radius 2 is 2.16 bits per heavy atom. The molecule has 0 saturated carbocycles. The van der Waals surface area contributed by atoms with Crippen LogP contribution in [0.5, 0.6) is 5.75 Å². The van der Waals surface area contributed by atoms with E-state index in [1.165, 1.54) is 5.56 Å². The smallest absolute Gasteiger partial charge is 0.122 e. The van der Waals surface area contributed by atoms with Crippen molar-refractivity contribution in [1.29, 1.82) is 0 Å². The van der Waals surface area contributed by atoms with Gasteiger partial charge < -0.3 is 14.6 Å². The Morgan fingerprint density at radius 3 is 2.89 bits per heavy atom. The Labute approximate surface area is 115 Å². The molecule has 2 rings (SSSR count). The van der Waals surface area contributed by atoms with Crippen molar-refractivity contribution in [1.82, 2.24) is 0 Å². The summed E-state index contributed by atoms with van der Waals surface area (Å²) in [6.07, 6.45) is 1.20. The molecule has 0 fully saturated rings. The van der Waals surface area contributed by atoms with E-state index in [4.69, 9.17) is 9.47 Å². The van der Waals surface area contributed by atoms with Crippen molar-refractivity contribution in [3.63, 3.8) is 0 Å². The van der Waals surface area contributed by atoms with Gasteiger partial charge in [0, 0.05) is 6.61 Å². The fraction of sp³-hybridized carbons (Fsp3) is 0.625. The molecule has 1 aliphatic heterocycles. The Morgan fingerprint density at radius 1 is 1.42 bits per heavy atom. The number of rotatable bonds is 5. The van der Waals surface area contributed by atoms with Gasteiger partial charge in [-0.1, -0.05) is 18.2 Å².